The Kier molecular flexibility index (Phi) is 3.82. The summed E-state index contributed by atoms with van der Waals surface area (Å²) in [5.41, 5.74) is 5.59. The maximum absolute atomic E-state index is 13.0. The number of nitrogens with two attached hydrogens (primary N) is 1. The van der Waals surface area contributed by atoms with E-state index in [2.05, 4.69) is 6.92 Å². The Balaban J connectivity index is 2.32. The molecule has 0 spiro atoms. The van der Waals surface area contributed by atoms with Gasteiger partial charge in [0.25, 0.3) is 0 Å². The third-order valence-corrected chi connectivity index (χ3v) is 5.83. The van der Waals surface area contributed by atoms with Crippen molar-refractivity contribution in [1.82, 2.24) is 4.31 Å². The Morgan fingerprint density at radius 2 is 2.00 bits per heavy atom. The predicted molar refractivity (Wildman–Crippen MR) is 72.5 cm³/mol. The molecule has 1 aromatic carbocycles. The van der Waals surface area contributed by atoms with Crippen molar-refractivity contribution >= 4 is 15.7 Å². The van der Waals surface area contributed by atoms with E-state index in [1.54, 1.807) is 0 Å². The third kappa shape index (κ3) is 2.74. The van der Waals surface area contributed by atoms with Gasteiger partial charge in [0, 0.05) is 13.1 Å². The first-order valence-corrected chi connectivity index (χ1v) is 7.81. The van der Waals surface area contributed by atoms with Crippen molar-refractivity contribution < 1.29 is 12.8 Å². The normalized spacial score (nSPS) is 25.4. The Bertz CT molecular complexity index is 574. The predicted octanol–water partition coefficient (Wildman–Crippen LogP) is 2.07. The van der Waals surface area contributed by atoms with Crippen molar-refractivity contribution in [3.63, 3.8) is 0 Å². The molecular weight excluding hydrogens is 267 g/mol. The fourth-order valence-corrected chi connectivity index (χ4v) is 3.99. The molecule has 0 aromatic heterocycles. The number of nitrogens with zero attached hydrogens (tertiary/aromatic N) is 1. The van der Waals surface area contributed by atoms with Crippen LogP contribution >= 0.6 is 0 Å². The van der Waals surface area contributed by atoms with Crippen LogP contribution in [0.1, 0.15) is 20.3 Å². The fraction of sp³-hybridized carbons (Fsp3) is 0.538. The number of piperidine rings is 1. The smallest absolute Gasteiger partial charge is 0.245 e. The van der Waals surface area contributed by atoms with Gasteiger partial charge in [0.1, 0.15) is 10.7 Å². The average molecular weight is 286 g/mol. The number of halogens is 1. The molecule has 2 atom stereocenters. The molecule has 6 heteroatoms. The molecule has 0 aliphatic carbocycles. The molecule has 0 amide bonds. The highest BCUT2D eigenvalue weighted by atomic mass is 32.2. The van der Waals surface area contributed by atoms with Gasteiger partial charge in [-0.3, -0.25) is 0 Å². The molecule has 1 aromatic rings. The van der Waals surface area contributed by atoms with Crippen LogP contribution in [-0.4, -0.2) is 25.8 Å². The van der Waals surface area contributed by atoms with Crippen LogP contribution in [0.25, 0.3) is 0 Å². The first kappa shape index (κ1) is 14.3. The van der Waals surface area contributed by atoms with Gasteiger partial charge in [-0.15, -0.1) is 0 Å². The van der Waals surface area contributed by atoms with Crippen molar-refractivity contribution in [2.24, 2.45) is 11.8 Å². The van der Waals surface area contributed by atoms with E-state index in [0.29, 0.717) is 24.9 Å². The second kappa shape index (κ2) is 5.09. The fourth-order valence-electron chi connectivity index (χ4n) is 2.34. The molecule has 1 aliphatic rings. The van der Waals surface area contributed by atoms with E-state index in [4.69, 9.17) is 5.73 Å². The number of benzene rings is 1. The zero-order valence-corrected chi connectivity index (χ0v) is 12.0. The summed E-state index contributed by atoms with van der Waals surface area (Å²) in [6.45, 7) is 5.15. The number of nitrogen functional groups attached to an aromatic ring is 1. The van der Waals surface area contributed by atoms with E-state index in [9.17, 15) is 12.8 Å². The lowest BCUT2D eigenvalue weighted by Gasteiger charge is -2.34. The van der Waals surface area contributed by atoms with E-state index in [1.165, 1.54) is 10.4 Å². The van der Waals surface area contributed by atoms with Crippen LogP contribution in [0.4, 0.5) is 10.1 Å². The van der Waals surface area contributed by atoms with E-state index in [0.717, 1.165) is 18.6 Å². The second-order valence-electron chi connectivity index (χ2n) is 5.29. The van der Waals surface area contributed by atoms with Crippen molar-refractivity contribution in [1.29, 1.82) is 0 Å². The zero-order valence-electron chi connectivity index (χ0n) is 11.1. The van der Waals surface area contributed by atoms with Crippen LogP contribution in [0, 0.1) is 17.7 Å². The van der Waals surface area contributed by atoms with Gasteiger partial charge < -0.3 is 5.73 Å². The Hall–Kier alpha value is -1.14. The lowest BCUT2D eigenvalue weighted by molar-refractivity contribution is 0.212. The number of rotatable bonds is 2. The SMILES string of the molecule is CC1CCN(S(=O)(=O)c2ccc(F)cc2N)CC1C. The largest absolute Gasteiger partial charge is 0.398 e. The molecular formula is C13H19FN2O2S. The van der Waals surface area contributed by atoms with Crippen LogP contribution in [0.15, 0.2) is 23.1 Å². The number of hydrogen-bond donors (Lipinski definition) is 1. The monoisotopic (exact) mass is 286 g/mol. The van der Waals surface area contributed by atoms with Gasteiger partial charge in [0.05, 0.1) is 5.69 Å². The van der Waals surface area contributed by atoms with Crippen LogP contribution in [0.3, 0.4) is 0 Å². The van der Waals surface area contributed by atoms with Gasteiger partial charge in [-0.05, 0) is 36.5 Å². The minimum atomic E-state index is -3.62. The Morgan fingerprint density at radius 1 is 1.32 bits per heavy atom. The van der Waals surface area contributed by atoms with Gasteiger partial charge >= 0.3 is 0 Å². The lowest BCUT2D eigenvalue weighted by atomic mass is 9.90. The molecule has 19 heavy (non-hydrogen) atoms. The molecule has 1 fully saturated rings. The number of sulfonamides is 1. The summed E-state index contributed by atoms with van der Waals surface area (Å²) in [5, 5.41) is 0. The topological polar surface area (TPSA) is 63.4 Å². The molecule has 0 radical (unpaired) electrons. The van der Waals surface area contributed by atoms with Crippen LogP contribution < -0.4 is 5.73 Å². The molecule has 0 bridgehead atoms. The van der Waals surface area contributed by atoms with E-state index in [1.807, 2.05) is 6.92 Å². The van der Waals surface area contributed by atoms with Crippen molar-refractivity contribution in [3.05, 3.63) is 24.0 Å². The van der Waals surface area contributed by atoms with Gasteiger partial charge in [-0.1, -0.05) is 13.8 Å². The van der Waals surface area contributed by atoms with Crippen LogP contribution in [-0.2, 0) is 10.0 Å². The van der Waals surface area contributed by atoms with Crippen LogP contribution in [0.5, 0.6) is 0 Å². The van der Waals surface area contributed by atoms with Crippen molar-refractivity contribution in [2.75, 3.05) is 18.8 Å². The maximum Gasteiger partial charge on any atom is 0.245 e. The van der Waals surface area contributed by atoms with Gasteiger partial charge in [0.2, 0.25) is 10.0 Å². The molecule has 2 unspecified atom stereocenters. The zero-order chi connectivity index (χ0) is 14.2. The number of anilines is 1. The first-order valence-electron chi connectivity index (χ1n) is 6.37. The molecule has 1 saturated heterocycles. The van der Waals surface area contributed by atoms with Gasteiger partial charge in [-0.2, -0.15) is 4.31 Å². The third-order valence-electron chi connectivity index (χ3n) is 3.89. The standard InChI is InChI=1S/C13H19FN2O2S/c1-9-5-6-16(8-10(9)2)19(17,18)13-4-3-11(14)7-12(13)15/h3-4,7,9-10H,5-6,8,15H2,1-2H3. The molecule has 2 rings (SSSR count). The molecule has 2 N–H and O–H groups in total. The maximum atomic E-state index is 13.0. The van der Waals surface area contributed by atoms with E-state index >= 15 is 0 Å². The molecule has 106 valence electrons. The summed E-state index contributed by atoms with van der Waals surface area (Å²) in [7, 11) is -3.62. The molecule has 1 heterocycles. The first-order chi connectivity index (χ1) is 8.82. The van der Waals surface area contributed by atoms with Crippen molar-refractivity contribution in [3.8, 4) is 0 Å². The highest BCUT2D eigenvalue weighted by Gasteiger charge is 2.32. The second-order valence-corrected chi connectivity index (χ2v) is 7.19. The van der Waals surface area contributed by atoms with E-state index < -0.39 is 15.8 Å². The average Bonchev–Trinajstić information content (AvgIpc) is 2.32. The highest BCUT2D eigenvalue weighted by molar-refractivity contribution is 7.89. The summed E-state index contributed by atoms with van der Waals surface area (Å²) < 4.78 is 39.4. The van der Waals surface area contributed by atoms with Crippen LogP contribution in [0.2, 0.25) is 0 Å². The minimum absolute atomic E-state index is 0.00402. The van der Waals surface area contributed by atoms with Crippen molar-refractivity contribution in [2.45, 2.75) is 25.2 Å². The summed E-state index contributed by atoms with van der Waals surface area (Å²) in [6.07, 6.45) is 0.835. The van der Waals surface area contributed by atoms with Gasteiger partial charge in [-0.25, -0.2) is 12.8 Å². The number of hydrogen-bond acceptors (Lipinski definition) is 3. The quantitative estimate of drug-likeness (QED) is 0.847. The Labute approximate surface area is 113 Å². The summed E-state index contributed by atoms with van der Waals surface area (Å²) in [6, 6.07) is 3.41. The lowest BCUT2D eigenvalue weighted by Crippen LogP contribution is -2.42. The van der Waals surface area contributed by atoms with E-state index in [-0.39, 0.29) is 10.6 Å². The summed E-state index contributed by atoms with van der Waals surface area (Å²) in [4.78, 5) is -0.00402. The highest BCUT2D eigenvalue weighted by Crippen LogP contribution is 2.29. The molecule has 0 saturated carbocycles. The molecule has 4 nitrogen and oxygen atoms in total. The molecule has 1 aliphatic heterocycles. The Morgan fingerprint density at radius 3 is 2.58 bits per heavy atom. The van der Waals surface area contributed by atoms with Gasteiger partial charge in [0.15, 0.2) is 0 Å². The summed E-state index contributed by atoms with van der Waals surface area (Å²) >= 11 is 0. The summed E-state index contributed by atoms with van der Waals surface area (Å²) in [5.74, 6) is 0.291. The minimum Gasteiger partial charge on any atom is -0.398 e.